The van der Waals surface area contributed by atoms with Crippen LogP contribution in [0.1, 0.15) is 12.8 Å². The lowest BCUT2D eigenvalue weighted by atomic mass is 10.1. The van der Waals surface area contributed by atoms with Crippen molar-refractivity contribution in [3.05, 3.63) is 60.8 Å². The molecule has 0 spiro atoms. The number of nitrogens with zero attached hydrogens (tertiary/aromatic N) is 3. The largest absolute Gasteiger partial charge is 0.573 e. The molecule has 0 amide bonds. The molecular weight excluding hydrogens is 473 g/mol. The normalized spacial score (nSPS) is 13.9. The maximum absolute atomic E-state index is 12.9. The first-order valence-electron chi connectivity index (χ1n) is 10.7. The molecule has 0 aliphatic heterocycles. The molecule has 4 aromatic rings. The van der Waals surface area contributed by atoms with E-state index in [0.29, 0.717) is 40.7 Å². The Balaban J connectivity index is 1.51. The number of alkyl halides is 5. The summed E-state index contributed by atoms with van der Waals surface area (Å²) in [6.07, 6.45) is -1.21. The van der Waals surface area contributed by atoms with Crippen LogP contribution in [0, 0.1) is 5.92 Å². The van der Waals surface area contributed by atoms with Crippen LogP contribution in [-0.4, -0.2) is 34.2 Å². The lowest BCUT2D eigenvalue weighted by Crippen LogP contribution is -2.17. The first kappa shape index (κ1) is 22.9. The van der Waals surface area contributed by atoms with Gasteiger partial charge in [0.15, 0.2) is 17.1 Å². The molecule has 0 radical (unpaired) electrons. The number of benzene rings is 2. The lowest BCUT2D eigenvalue weighted by molar-refractivity contribution is -0.274. The van der Waals surface area contributed by atoms with Gasteiger partial charge in [0.1, 0.15) is 5.75 Å². The average Bonchev–Trinajstić information content (AvgIpc) is 3.52. The number of rotatable bonds is 8. The summed E-state index contributed by atoms with van der Waals surface area (Å²) in [4.78, 5) is 4.28. The van der Waals surface area contributed by atoms with Crippen LogP contribution in [-0.2, 0) is 0 Å². The highest BCUT2D eigenvalue weighted by molar-refractivity contribution is 5.70. The van der Waals surface area contributed by atoms with E-state index in [1.54, 1.807) is 36.5 Å². The van der Waals surface area contributed by atoms with Crippen LogP contribution in [0.15, 0.2) is 60.8 Å². The third kappa shape index (κ3) is 5.44. The van der Waals surface area contributed by atoms with E-state index in [4.69, 9.17) is 4.74 Å². The first-order chi connectivity index (χ1) is 16.7. The fourth-order valence-electron chi connectivity index (χ4n) is 3.57. The van der Waals surface area contributed by atoms with Gasteiger partial charge in [-0.1, -0.05) is 12.1 Å². The van der Waals surface area contributed by atoms with Crippen LogP contribution in [0.4, 0.5) is 22.0 Å². The predicted octanol–water partition coefficient (Wildman–Crippen LogP) is 6.35. The van der Waals surface area contributed by atoms with E-state index in [0.717, 1.165) is 12.8 Å². The Hall–Kier alpha value is -3.89. The van der Waals surface area contributed by atoms with Gasteiger partial charge in [-0.25, -0.2) is 9.50 Å². The van der Waals surface area contributed by atoms with Gasteiger partial charge in [0.25, 0.3) is 0 Å². The maximum Gasteiger partial charge on any atom is 0.573 e. The van der Waals surface area contributed by atoms with Gasteiger partial charge < -0.3 is 14.2 Å². The summed E-state index contributed by atoms with van der Waals surface area (Å²) in [5, 5.41) is 4.51. The molecule has 0 N–H and O–H groups in total. The van der Waals surface area contributed by atoms with Gasteiger partial charge >= 0.3 is 13.0 Å². The van der Waals surface area contributed by atoms with Crippen LogP contribution in [0.2, 0.25) is 0 Å². The van der Waals surface area contributed by atoms with E-state index in [1.165, 1.54) is 28.8 Å². The highest BCUT2D eigenvalue weighted by Gasteiger charge is 2.31. The highest BCUT2D eigenvalue weighted by atomic mass is 19.4. The molecule has 5 rings (SSSR count). The molecular formula is C24H18F5N3O3. The molecule has 1 aliphatic rings. The van der Waals surface area contributed by atoms with E-state index >= 15 is 0 Å². The number of ether oxygens (including phenoxy) is 3. The minimum atomic E-state index is -4.81. The second-order valence-corrected chi connectivity index (χ2v) is 8.00. The van der Waals surface area contributed by atoms with E-state index in [-0.39, 0.29) is 17.2 Å². The van der Waals surface area contributed by atoms with Crippen molar-refractivity contribution < 1.29 is 36.2 Å². The summed E-state index contributed by atoms with van der Waals surface area (Å²) >= 11 is 0. The molecule has 182 valence electrons. The molecule has 1 fully saturated rings. The SMILES string of the molecule is FC(F)Oc1ccc(-c2ccnc3cc(-c4cccc(OC(F)(F)F)c4)nn23)cc1OCC1CC1. The molecule has 0 unspecified atom stereocenters. The molecule has 0 bridgehead atoms. The van der Waals surface area contributed by atoms with E-state index in [9.17, 15) is 22.0 Å². The Morgan fingerprint density at radius 2 is 1.80 bits per heavy atom. The molecule has 6 nitrogen and oxygen atoms in total. The minimum absolute atomic E-state index is 0.0719. The smallest absolute Gasteiger partial charge is 0.489 e. The Kier molecular flexibility index (Phi) is 5.91. The van der Waals surface area contributed by atoms with Gasteiger partial charge in [0, 0.05) is 23.4 Å². The van der Waals surface area contributed by atoms with Crippen molar-refractivity contribution in [1.82, 2.24) is 14.6 Å². The number of hydrogen-bond acceptors (Lipinski definition) is 5. The molecule has 1 saturated carbocycles. The Labute approximate surface area is 195 Å². The first-order valence-corrected chi connectivity index (χ1v) is 10.7. The van der Waals surface area contributed by atoms with Crippen LogP contribution < -0.4 is 14.2 Å². The molecule has 0 atom stereocenters. The Morgan fingerprint density at radius 1 is 0.971 bits per heavy atom. The average molecular weight is 491 g/mol. The zero-order valence-corrected chi connectivity index (χ0v) is 18.0. The Bertz CT molecular complexity index is 1350. The topological polar surface area (TPSA) is 57.9 Å². The summed E-state index contributed by atoms with van der Waals surface area (Å²) in [6.45, 7) is -2.60. The lowest BCUT2D eigenvalue weighted by Gasteiger charge is -2.14. The third-order valence-electron chi connectivity index (χ3n) is 5.35. The molecule has 2 aromatic heterocycles. The summed E-state index contributed by atoms with van der Waals surface area (Å²) < 4.78 is 79.4. The predicted molar refractivity (Wildman–Crippen MR) is 115 cm³/mol. The van der Waals surface area contributed by atoms with Crippen molar-refractivity contribution in [2.75, 3.05) is 6.61 Å². The minimum Gasteiger partial charge on any atom is -0.489 e. The van der Waals surface area contributed by atoms with Crippen LogP contribution in [0.5, 0.6) is 17.2 Å². The van der Waals surface area contributed by atoms with Gasteiger partial charge in [-0.05, 0) is 55.2 Å². The van der Waals surface area contributed by atoms with Gasteiger partial charge in [-0.3, -0.25) is 0 Å². The van der Waals surface area contributed by atoms with Gasteiger partial charge in [-0.2, -0.15) is 13.9 Å². The second-order valence-electron chi connectivity index (χ2n) is 8.00. The number of fused-ring (bicyclic) bond motifs is 1. The molecule has 1 aliphatic carbocycles. The summed E-state index contributed by atoms with van der Waals surface area (Å²) in [5.41, 5.74) is 2.39. The molecule has 0 saturated heterocycles. The van der Waals surface area contributed by atoms with E-state index in [1.807, 2.05) is 0 Å². The van der Waals surface area contributed by atoms with Crippen molar-refractivity contribution in [3.63, 3.8) is 0 Å². The molecule has 11 heteroatoms. The summed E-state index contributed by atoms with van der Waals surface area (Å²) in [5.74, 6) is 0.144. The van der Waals surface area contributed by atoms with Gasteiger partial charge in [0.2, 0.25) is 0 Å². The maximum atomic E-state index is 12.9. The number of halogens is 5. The Morgan fingerprint density at radius 3 is 2.54 bits per heavy atom. The van der Waals surface area contributed by atoms with Crippen LogP contribution in [0.3, 0.4) is 0 Å². The summed E-state index contributed by atoms with van der Waals surface area (Å²) in [7, 11) is 0. The van der Waals surface area contributed by atoms with Crippen molar-refractivity contribution in [1.29, 1.82) is 0 Å². The van der Waals surface area contributed by atoms with Crippen LogP contribution >= 0.6 is 0 Å². The van der Waals surface area contributed by atoms with Crippen molar-refractivity contribution >= 4 is 5.65 Å². The third-order valence-corrected chi connectivity index (χ3v) is 5.35. The van der Waals surface area contributed by atoms with E-state index in [2.05, 4.69) is 19.6 Å². The molecule has 2 heterocycles. The monoisotopic (exact) mass is 491 g/mol. The van der Waals surface area contributed by atoms with Gasteiger partial charge in [-0.15, -0.1) is 13.2 Å². The van der Waals surface area contributed by atoms with Gasteiger partial charge in [0.05, 0.1) is 18.0 Å². The van der Waals surface area contributed by atoms with E-state index < -0.39 is 13.0 Å². The highest BCUT2D eigenvalue weighted by Crippen LogP contribution is 2.37. The quantitative estimate of drug-likeness (QED) is 0.269. The second kappa shape index (κ2) is 9.05. The number of aromatic nitrogens is 3. The van der Waals surface area contributed by atoms with Crippen LogP contribution in [0.25, 0.3) is 28.2 Å². The molecule has 2 aromatic carbocycles. The number of hydrogen-bond donors (Lipinski definition) is 0. The fraction of sp³-hybridized carbons (Fsp3) is 0.250. The fourth-order valence-corrected chi connectivity index (χ4v) is 3.57. The van der Waals surface area contributed by atoms with Crippen molar-refractivity contribution in [3.8, 4) is 39.8 Å². The molecule has 35 heavy (non-hydrogen) atoms. The van der Waals surface area contributed by atoms with Crippen molar-refractivity contribution in [2.24, 2.45) is 5.92 Å². The zero-order chi connectivity index (χ0) is 24.6. The van der Waals surface area contributed by atoms with Crippen molar-refractivity contribution in [2.45, 2.75) is 25.8 Å². The standard InChI is InChI=1S/C24H18F5N3O3/c25-23(26)34-20-7-6-16(11-21(20)33-13-14-4-5-14)19-8-9-30-22-12-18(31-32(19)22)15-2-1-3-17(10-15)35-24(27,28)29/h1-3,6-12,14,23H,4-5,13H2. The summed E-state index contributed by atoms with van der Waals surface area (Å²) in [6, 6.07) is 13.3. The zero-order valence-electron chi connectivity index (χ0n) is 18.0.